The van der Waals surface area contributed by atoms with Crippen molar-refractivity contribution in [3.63, 3.8) is 0 Å². The third-order valence-electron chi connectivity index (χ3n) is 3.88. The first-order valence-electron chi connectivity index (χ1n) is 8.20. The van der Waals surface area contributed by atoms with Crippen molar-refractivity contribution in [3.05, 3.63) is 100 Å². The number of nitrogens with one attached hydrogen (secondary N) is 1. The van der Waals surface area contributed by atoms with Gasteiger partial charge in [-0.3, -0.25) is 0 Å². The molecule has 3 rings (SSSR count). The minimum Gasteiger partial charge on any atom is -0.340 e. The zero-order chi connectivity index (χ0) is 18.4. The van der Waals surface area contributed by atoms with E-state index in [2.05, 4.69) is 22.3 Å². The number of hydrogen-bond acceptors (Lipinski definition) is 1. The lowest BCUT2D eigenvalue weighted by atomic mass is 10.2. The molecule has 0 aromatic heterocycles. The Hall–Kier alpha value is -2.07. The highest BCUT2D eigenvalue weighted by atomic mass is 35.5. The van der Waals surface area contributed by atoms with Gasteiger partial charge < -0.3 is 10.2 Å². The number of hydrogen-bond donors (Lipinski definition) is 1. The fraction of sp³-hybridized carbons (Fsp3) is 0.0952. The van der Waals surface area contributed by atoms with E-state index < -0.39 is 0 Å². The van der Waals surface area contributed by atoms with Crippen molar-refractivity contribution in [2.24, 2.45) is 0 Å². The molecular formula is C21H18Cl2N2S. The van der Waals surface area contributed by atoms with Gasteiger partial charge in [-0.15, -0.1) is 0 Å². The average Bonchev–Trinajstić information content (AvgIpc) is 2.64. The van der Waals surface area contributed by atoms with Gasteiger partial charge in [-0.2, -0.15) is 0 Å². The monoisotopic (exact) mass is 400 g/mol. The van der Waals surface area contributed by atoms with Gasteiger partial charge in [-0.1, -0.05) is 77.8 Å². The predicted molar refractivity (Wildman–Crippen MR) is 115 cm³/mol. The van der Waals surface area contributed by atoms with Gasteiger partial charge in [0, 0.05) is 18.1 Å². The molecule has 1 N–H and O–H groups in total. The first-order valence-corrected chi connectivity index (χ1v) is 9.37. The summed E-state index contributed by atoms with van der Waals surface area (Å²) in [6.45, 7) is 1.33. The van der Waals surface area contributed by atoms with Gasteiger partial charge >= 0.3 is 0 Å². The molecular weight excluding hydrogens is 383 g/mol. The lowest BCUT2D eigenvalue weighted by Crippen LogP contribution is -2.33. The van der Waals surface area contributed by atoms with Crippen LogP contribution in [0.2, 0.25) is 10.0 Å². The first kappa shape index (κ1) is 18.7. The summed E-state index contributed by atoms with van der Waals surface area (Å²) in [6.07, 6.45) is 0. The maximum atomic E-state index is 6.26. The summed E-state index contributed by atoms with van der Waals surface area (Å²) in [5.74, 6) is 0. The SMILES string of the molecule is S=C(Nc1ccccc1Cl)N(Cc1ccccc1)Cc1cccc(Cl)c1. The van der Waals surface area contributed by atoms with Crippen LogP contribution in [0.4, 0.5) is 5.69 Å². The highest BCUT2D eigenvalue weighted by molar-refractivity contribution is 7.80. The minimum atomic E-state index is 0.613. The second-order valence-electron chi connectivity index (χ2n) is 5.88. The molecule has 0 atom stereocenters. The Labute approximate surface area is 169 Å². The van der Waals surface area contributed by atoms with E-state index in [4.69, 9.17) is 35.4 Å². The van der Waals surface area contributed by atoms with Gasteiger partial charge in [0.05, 0.1) is 10.7 Å². The number of benzene rings is 3. The highest BCUT2D eigenvalue weighted by Gasteiger charge is 2.13. The summed E-state index contributed by atoms with van der Waals surface area (Å²) < 4.78 is 0. The van der Waals surface area contributed by atoms with Crippen LogP contribution in [0.5, 0.6) is 0 Å². The molecule has 0 aliphatic rings. The van der Waals surface area contributed by atoms with E-state index >= 15 is 0 Å². The van der Waals surface area contributed by atoms with E-state index in [1.54, 1.807) is 0 Å². The van der Waals surface area contributed by atoms with Crippen molar-refractivity contribution in [1.29, 1.82) is 0 Å². The van der Waals surface area contributed by atoms with Gasteiger partial charge in [-0.05, 0) is 47.6 Å². The quantitative estimate of drug-likeness (QED) is 0.499. The molecule has 0 spiro atoms. The van der Waals surface area contributed by atoms with Crippen LogP contribution in [-0.2, 0) is 13.1 Å². The summed E-state index contributed by atoms with van der Waals surface area (Å²) in [7, 11) is 0. The van der Waals surface area contributed by atoms with Gasteiger partial charge in [0.2, 0.25) is 0 Å². The van der Waals surface area contributed by atoms with E-state index in [0.717, 1.165) is 11.3 Å². The average molecular weight is 401 g/mol. The Balaban J connectivity index is 1.81. The van der Waals surface area contributed by atoms with Gasteiger partial charge in [0.15, 0.2) is 5.11 Å². The van der Waals surface area contributed by atoms with Crippen molar-refractivity contribution in [1.82, 2.24) is 4.90 Å². The largest absolute Gasteiger partial charge is 0.340 e. The van der Waals surface area contributed by atoms with E-state index in [1.165, 1.54) is 5.56 Å². The number of thiocarbonyl (C=S) groups is 1. The molecule has 0 amide bonds. The van der Waals surface area contributed by atoms with Gasteiger partial charge in [-0.25, -0.2) is 0 Å². The van der Waals surface area contributed by atoms with Crippen LogP contribution in [0.25, 0.3) is 0 Å². The fourth-order valence-corrected chi connectivity index (χ4v) is 3.25. The molecule has 0 bridgehead atoms. The third-order valence-corrected chi connectivity index (χ3v) is 4.81. The molecule has 0 unspecified atom stereocenters. The third kappa shape index (κ3) is 5.21. The van der Waals surface area contributed by atoms with Crippen molar-refractivity contribution < 1.29 is 0 Å². The van der Waals surface area contributed by atoms with Crippen molar-refractivity contribution >= 4 is 46.2 Å². The Bertz CT molecular complexity index is 884. The lowest BCUT2D eigenvalue weighted by Gasteiger charge is -2.26. The summed E-state index contributed by atoms with van der Waals surface area (Å²) in [4.78, 5) is 2.10. The van der Waals surface area contributed by atoms with Crippen LogP contribution in [-0.4, -0.2) is 10.0 Å². The Morgan fingerprint density at radius 3 is 2.19 bits per heavy atom. The molecule has 132 valence electrons. The molecule has 0 heterocycles. The van der Waals surface area contributed by atoms with E-state index in [1.807, 2.05) is 66.7 Å². The first-order chi connectivity index (χ1) is 12.6. The second kappa shape index (κ2) is 9.04. The molecule has 0 saturated heterocycles. The standard InChI is InChI=1S/C21H18Cl2N2S/c22-18-10-6-9-17(13-18)15-25(14-16-7-2-1-3-8-16)21(26)24-20-12-5-4-11-19(20)23/h1-13H,14-15H2,(H,24,26). The van der Waals surface area contributed by atoms with E-state index in [0.29, 0.717) is 28.2 Å². The predicted octanol–water partition coefficient (Wildman–Crippen LogP) is 6.39. The van der Waals surface area contributed by atoms with Crippen LogP contribution >= 0.6 is 35.4 Å². The molecule has 0 aliphatic heterocycles. The molecule has 0 fully saturated rings. The van der Waals surface area contributed by atoms with Crippen molar-refractivity contribution in [3.8, 4) is 0 Å². The molecule has 26 heavy (non-hydrogen) atoms. The summed E-state index contributed by atoms with van der Waals surface area (Å²) >= 11 is 18.1. The highest BCUT2D eigenvalue weighted by Crippen LogP contribution is 2.22. The number of nitrogens with zero attached hydrogens (tertiary/aromatic N) is 1. The lowest BCUT2D eigenvalue weighted by molar-refractivity contribution is 0.413. The molecule has 3 aromatic rings. The normalized spacial score (nSPS) is 10.4. The number of para-hydroxylation sites is 1. The molecule has 3 aromatic carbocycles. The van der Waals surface area contributed by atoms with Crippen LogP contribution < -0.4 is 5.32 Å². The zero-order valence-electron chi connectivity index (χ0n) is 14.0. The van der Waals surface area contributed by atoms with Crippen molar-refractivity contribution in [2.45, 2.75) is 13.1 Å². The van der Waals surface area contributed by atoms with Crippen LogP contribution in [0.3, 0.4) is 0 Å². The van der Waals surface area contributed by atoms with Gasteiger partial charge in [0.25, 0.3) is 0 Å². The second-order valence-corrected chi connectivity index (χ2v) is 7.11. The number of anilines is 1. The van der Waals surface area contributed by atoms with Crippen LogP contribution in [0.1, 0.15) is 11.1 Å². The van der Waals surface area contributed by atoms with Crippen molar-refractivity contribution in [2.75, 3.05) is 5.32 Å². The molecule has 2 nitrogen and oxygen atoms in total. The molecule has 0 radical (unpaired) electrons. The maximum absolute atomic E-state index is 6.26. The van der Waals surface area contributed by atoms with E-state index in [-0.39, 0.29) is 0 Å². The molecule has 0 saturated carbocycles. The summed E-state index contributed by atoms with van der Waals surface area (Å²) in [5.41, 5.74) is 3.07. The fourth-order valence-electron chi connectivity index (χ4n) is 2.62. The summed E-state index contributed by atoms with van der Waals surface area (Å²) in [6, 6.07) is 25.6. The van der Waals surface area contributed by atoms with Gasteiger partial charge in [0.1, 0.15) is 0 Å². The minimum absolute atomic E-state index is 0.613. The van der Waals surface area contributed by atoms with Crippen LogP contribution in [0, 0.1) is 0 Å². The smallest absolute Gasteiger partial charge is 0.174 e. The topological polar surface area (TPSA) is 15.3 Å². The van der Waals surface area contributed by atoms with Crippen LogP contribution in [0.15, 0.2) is 78.9 Å². The summed E-state index contributed by atoms with van der Waals surface area (Å²) in [5, 5.41) is 5.22. The Morgan fingerprint density at radius 1 is 0.808 bits per heavy atom. The Kier molecular flexibility index (Phi) is 6.51. The van der Waals surface area contributed by atoms with E-state index in [9.17, 15) is 0 Å². The molecule has 0 aliphatic carbocycles. The molecule has 5 heteroatoms. The number of halogens is 2. The zero-order valence-corrected chi connectivity index (χ0v) is 16.4. The number of rotatable bonds is 5. The maximum Gasteiger partial charge on any atom is 0.174 e. The Morgan fingerprint density at radius 2 is 1.46 bits per heavy atom.